The van der Waals surface area contributed by atoms with E-state index in [0.29, 0.717) is 19.3 Å². The predicted molar refractivity (Wildman–Crippen MR) is 330 cm³/mol. The molecule has 432 valence electrons. The lowest BCUT2D eigenvalue weighted by atomic mass is 10.1. The molecule has 0 amide bonds. The van der Waals surface area contributed by atoms with Gasteiger partial charge in [-0.15, -0.1) is 0 Å². The fourth-order valence-electron chi connectivity index (χ4n) is 8.50. The Bertz CT molecular complexity index is 1590. The van der Waals surface area contributed by atoms with Crippen LogP contribution in [0.3, 0.4) is 0 Å². The summed E-state index contributed by atoms with van der Waals surface area (Å²) in [6.07, 6.45) is 87.8. The van der Waals surface area contributed by atoms with Crippen molar-refractivity contribution in [1.82, 2.24) is 0 Å². The Morgan fingerprint density at radius 1 is 0.276 bits per heavy atom. The van der Waals surface area contributed by atoms with E-state index in [1.165, 1.54) is 135 Å². The van der Waals surface area contributed by atoms with E-state index in [1.807, 2.05) is 0 Å². The van der Waals surface area contributed by atoms with Gasteiger partial charge in [0.25, 0.3) is 0 Å². The van der Waals surface area contributed by atoms with Crippen LogP contribution in [0, 0.1) is 0 Å². The maximum Gasteiger partial charge on any atom is 0.306 e. The lowest BCUT2D eigenvalue weighted by molar-refractivity contribution is -0.167. The number of carbonyl (C=O) groups is 3. The third-order valence-corrected chi connectivity index (χ3v) is 13.2. The molecule has 0 aromatic heterocycles. The largest absolute Gasteiger partial charge is 0.462 e. The zero-order valence-corrected chi connectivity index (χ0v) is 49.5. The first-order valence-corrected chi connectivity index (χ1v) is 31.5. The fourth-order valence-corrected chi connectivity index (χ4v) is 8.50. The first kappa shape index (κ1) is 71.8. The molecule has 0 spiro atoms. The van der Waals surface area contributed by atoms with Crippen molar-refractivity contribution in [1.29, 1.82) is 0 Å². The van der Waals surface area contributed by atoms with Crippen LogP contribution < -0.4 is 0 Å². The van der Waals surface area contributed by atoms with Crippen molar-refractivity contribution < 1.29 is 28.6 Å². The number of carbonyl (C=O) groups excluding carboxylic acids is 3. The second-order valence-corrected chi connectivity index (χ2v) is 20.6. The van der Waals surface area contributed by atoms with Crippen molar-refractivity contribution in [2.75, 3.05) is 13.2 Å². The standard InChI is InChI=1S/C70H116O6/c1-4-7-10-13-16-19-22-24-26-28-30-31-32-33-34-35-36-37-38-39-41-42-44-46-48-51-54-57-60-63-69(72)75-66-67(65-74-68(71)62-59-56-53-50-21-18-15-12-9-6-3)76-70(73)64-61-58-55-52-49-47-45-43-40-29-27-25-23-20-17-14-11-8-5-2/h7,10,16,19,24-27,30-31,33-34,36-37,39,41,44,46,51,54,67H,4-6,8-9,11-15,17-18,20-23,28-29,32,35,38,40,42-43,45,47-50,52-53,55-66H2,1-3H3/b10-7-,19-16-,26-24-,27-25-,31-30-,34-33-,37-36-,41-39-,46-44-,54-51-. The van der Waals surface area contributed by atoms with Gasteiger partial charge in [0.15, 0.2) is 6.10 Å². The van der Waals surface area contributed by atoms with E-state index in [4.69, 9.17) is 14.2 Å². The molecule has 0 bridgehead atoms. The van der Waals surface area contributed by atoms with Gasteiger partial charge in [-0.25, -0.2) is 0 Å². The second kappa shape index (κ2) is 63.3. The van der Waals surface area contributed by atoms with Crippen molar-refractivity contribution in [3.8, 4) is 0 Å². The van der Waals surface area contributed by atoms with E-state index in [0.717, 1.165) is 103 Å². The minimum atomic E-state index is -0.804. The van der Waals surface area contributed by atoms with E-state index in [2.05, 4.69) is 142 Å². The number of rotatable bonds is 56. The summed E-state index contributed by atoms with van der Waals surface area (Å²) in [7, 11) is 0. The SMILES string of the molecule is CC/C=C\C/C=C\C/C=C\C/C=C\C/C=C\C/C=C\C/C=C\C/C=C\C/C=C\CCCC(=O)OCC(COC(=O)CCCCCCCCCCCC)OC(=O)CCCCCCCCCCC/C=C\CCCCCCCC. The molecule has 0 aromatic carbocycles. The smallest absolute Gasteiger partial charge is 0.306 e. The van der Waals surface area contributed by atoms with Crippen LogP contribution in [0.25, 0.3) is 0 Å². The van der Waals surface area contributed by atoms with E-state index in [-0.39, 0.29) is 37.5 Å². The molecular weight excluding hydrogens is 937 g/mol. The van der Waals surface area contributed by atoms with Crippen molar-refractivity contribution in [2.24, 2.45) is 0 Å². The molecule has 0 saturated heterocycles. The third-order valence-electron chi connectivity index (χ3n) is 13.2. The summed E-state index contributed by atoms with van der Waals surface area (Å²) in [4.78, 5) is 38.2. The predicted octanol–water partition coefficient (Wildman–Crippen LogP) is 21.6. The van der Waals surface area contributed by atoms with Crippen LogP contribution in [0.2, 0.25) is 0 Å². The van der Waals surface area contributed by atoms with E-state index in [1.54, 1.807) is 0 Å². The molecule has 0 aliphatic rings. The number of ether oxygens (including phenoxy) is 3. The summed E-state index contributed by atoms with van der Waals surface area (Å²) in [6.45, 7) is 6.47. The molecule has 6 nitrogen and oxygen atoms in total. The van der Waals surface area contributed by atoms with Gasteiger partial charge in [0.05, 0.1) is 0 Å². The van der Waals surface area contributed by atoms with Crippen LogP contribution in [0.5, 0.6) is 0 Å². The highest BCUT2D eigenvalue weighted by atomic mass is 16.6. The van der Waals surface area contributed by atoms with Crippen LogP contribution in [0.1, 0.15) is 284 Å². The second-order valence-electron chi connectivity index (χ2n) is 20.6. The number of esters is 3. The fraction of sp³-hybridized carbons (Fsp3) is 0.671. The van der Waals surface area contributed by atoms with Crippen LogP contribution >= 0.6 is 0 Å². The normalized spacial score (nSPS) is 12.9. The summed E-state index contributed by atoms with van der Waals surface area (Å²) >= 11 is 0. The Hall–Kier alpha value is -4.19. The Morgan fingerprint density at radius 3 is 0.868 bits per heavy atom. The Labute approximate surface area is 469 Å². The summed E-state index contributed by atoms with van der Waals surface area (Å²) in [6, 6.07) is 0. The highest BCUT2D eigenvalue weighted by Crippen LogP contribution is 2.15. The van der Waals surface area contributed by atoms with Gasteiger partial charge in [-0.05, 0) is 109 Å². The number of allylic oxidation sites excluding steroid dienone is 20. The number of hydrogen-bond donors (Lipinski definition) is 0. The highest BCUT2D eigenvalue weighted by molar-refractivity contribution is 5.71. The van der Waals surface area contributed by atoms with Crippen molar-refractivity contribution in [3.63, 3.8) is 0 Å². The van der Waals surface area contributed by atoms with Gasteiger partial charge in [-0.2, -0.15) is 0 Å². The minimum Gasteiger partial charge on any atom is -0.462 e. The number of unbranched alkanes of at least 4 members (excludes halogenated alkanes) is 25. The summed E-state index contributed by atoms with van der Waals surface area (Å²) in [5, 5.41) is 0. The molecule has 0 aromatic rings. The quantitative estimate of drug-likeness (QED) is 0.0261. The first-order chi connectivity index (χ1) is 37.5. The molecule has 6 heteroatoms. The van der Waals surface area contributed by atoms with Gasteiger partial charge >= 0.3 is 17.9 Å². The van der Waals surface area contributed by atoms with Gasteiger partial charge in [-0.1, -0.05) is 277 Å². The van der Waals surface area contributed by atoms with Gasteiger partial charge in [0.2, 0.25) is 0 Å². The van der Waals surface area contributed by atoms with Crippen molar-refractivity contribution in [3.05, 3.63) is 122 Å². The maximum atomic E-state index is 12.9. The molecule has 0 aliphatic carbocycles. The van der Waals surface area contributed by atoms with Crippen LogP contribution in [0.4, 0.5) is 0 Å². The third kappa shape index (κ3) is 60.7. The van der Waals surface area contributed by atoms with Crippen LogP contribution in [-0.4, -0.2) is 37.2 Å². The van der Waals surface area contributed by atoms with Gasteiger partial charge in [0, 0.05) is 19.3 Å². The molecule has 1 unspecified atom stereocenters. The summed E-state index contributed by atoms with van der Waals surface area (Å²) < 4.78 is 16.8. The maximum absolute atomic E-state index is 12.9. The topological polar surface area (TPSA) is 78.9 Å². The zero-order valence-electron chi connectivity index (χ0n) is 49.5. The highest BCUT2D eigenvalue weighted by Gasteiger charge is 2.19. The van der Waals surface area contributed by atoms with Gasteiger partial charge in [-0.3, -0.25) is 14.4 Å². The molecule has 0 N–H and O–H groups in total. The first-order valence-electron chi connectivity index (χ1n) is 31.5. The molecule has 0 fully saturated rings. The van der Waals surface area contributed by atoms with E-state index in [9.17, 15) is 14.4 Å². The molecule has 0 heterocycles. The molecule has 0 rings (SSSR count). The lowest BCUT2D eigenvalue weighted by Crippen LogP contribution is -2.30. The molecule has 1 atom stereocenters. The Morgan fingerprint density at radius 2 is 0.526 bits per heavy atom. The summed E-state index contributed by atoms with van der Waals surface area (Å²) in [5.74, 6) is -0.959. The molecular formula is C70H116O6. The Kier molecular flexibility index (Phi) is 59.9. The molecule has 0 aliphatic heterocycles. The molecule has 0 saturated carbocycles. The van der Waals surface area contributed by atoms with Crippen LogP contribution in [-0.2, 0) is 28.6 Å². The average Bonchev–Trinajstić information content (AvgIpc) is 3.42. The van der Waals surface area contributed by atoms with Crippen LogP contribution in [0.15, 0.2) is 122 Å². The molecule has 76 heavy (non-hydrogen) atoms. The summed E-state index contributed by atoms with van der Waals surface area (Å²) in [5.41, 5.74) is 0. The average molecular weight is 1050 g/mol. The van der Waals surface area contributed by atoms with E-state index >= 15 is 0 Å². The number of hydrogen-bond acceptors (Lipinski definition) is 6. The zero-order chi connectivity index (χ0) is 55.0. The van der Waals surface area contributed by atoms with Gasteiger partial charge < -0.3 is 14.2 Å². The monoisotopic (exact) mass is 1050 g/mol. The van der Waals surface area contributed by atoms with Gasteiger partial charge in [0.1, 0.15) is 13.2 Å². The van der Waals surface area contributed by atoms with Crippen molar-refractivity contribution >= 4 is 17.9 Å². The minimum absolute atomic E-state index is 0.0966. The Balaban J connectivity index is 4.38. The van der Waals surface area contributed by atoms with Crippen molar-refractivity contribution in [2.45, 2.75) is 290 Å². The molecule has 0 radical (unpaired) electrons. The van der Waals surface area contributed by atoms with E-state index < -0.39 is 6.10 Å². The lowest BCUT2D eigenvalue weighted by Gasteiger charge is -2.18.